The first kappa shape index (κ1) is 6.35. The van der Waals surface area contributed by atoms with Crippen LogP contribution in [0, 0.1) is 11.8 Å². The fourth-order valence-electron chi connectivity index (χ4n) is 1.29. The monoisotopic (exact) mass is 139 g/mol. The lowest BCUT2D eigenvalue weighted by Crippen LogP contribution is -2.46. The average Bonchev–Trinajstić information content (AvgIpc) is 2.43. The second-order valence-corrected chi connectivity index (χ2v) is 3.47. The van der Waals surface area contributed by atoms with Gasteiger partial charge in [0.25, 0.3) is 0 Å². The Bertz CT molecular complexity index is 147. The SMILES string of the molecule is O=C(CC1CC1)C1CNC1. The Morgan fingerprint density at radius 2 is 2.10 bits per heavy atom. The van der Waals surface area contributed by atoms with Gasteiger partial charge in [-0.2, -0.15) is 0 Å². The van der Waals surface area contributed by atoms with E-state index in [-0.39, 0.29) is 0 Å². The molecule has 56 valence electrons. The number of carbonyl (C=O) groups excluding carboxylic acids is 1. The molecule has 10 heavy (non-hydrogen) atoms. The van der Waals surface area contributed by atoms with Crippen LogP contribution in [0.5, 0.6) is 0 Å². The minimum Gasteiger partial charge on any atom is -0.315 e. The van der Waals surface area contributed by atoms with Gasteiger partial charge < -0.3 is 5.32 Å². The topological polar surface area (TPSA) is 29.1 Å². The molecular formula is C8H13NO. The van der Waals surface area contributed by atoms with Crippen LogP contribution in [0.25, 0.3) is 0 Å². The molecule has 0 aromatic rings. The Balaban J connectivity index is 1.74. The van der Waals surface area contributed by atoms with Crippen LogP contribution in [0.1, 0.15) is 19.3 Å². The van der Waals surface area contributed by atoms with Crippen LogP contribution >= 0.6 is 0 Å². The van der Waals surface area contributed by atoms with Gasteiger partial charge in [0.05, 0.1) is 0 Å². The van der Waals surface area contributed by atoms with Crippen LogP contribution in [0.2, 0.25) is 0 Å². The third-order valence-corrected chi connectivity index (χ3v) is 2.42. The molecule has 0 aromatic carbocycles. The number of nitrogens with one attached hydrogen (secondary N) is 1. The van der Waals surface area contributed by atoms with Gasteiger partial charge in [0.1, 0.15) is 5.78 Å². The lowest BCUT2D eigenvalue weighted by Gasteiger charge is -2.25. The quantitative estimate of drug-likeness (QED) is 0.619. The summed E-state index contributed by atoms with van der Waals surface area (Å²) < 4.78 is 0. The molecule has 2 fully saturated rings. The van der Waals surface area contributed by atoms with Crippen LogP contribution < -0.4 is 5.32 Å². The molecule has 2 heteroatoms. The van der Waals surface area contributed by atoms with Gasteiger partial charge in [-0.1, -0.05) is 0 Å². The largest absolute Gasteiger partial charge is 0.315 e. The van der Waals surface area contributed by atoms with Crippen molar-refractivity contribution in [1.82, 2.24) is 5.32 Å². The number of Topliss-reactive ketones (excluding diaryl/α,β-unsaturated/α-hetero) is 1. The van der Waals surface area contributed by atoms with Crippen LogP contribution in [-0.4, -0.2) is 18.9 Å². The first-order valence-electron chi connectivity index (χ1n) is 4.09. The number of ketones is 1. The van der Waals surface area contributed by atoms with Gasteiger partial charge in [-0.05, 0) is 18.8 Å². The third-order valence-electron chi connectivity index (χ3n) is 2.42. The van der Waals surface area contributed by atoms with Crippen LogP contribution in [0.15, 0.2) is 0 Å². The first-order chi connectivity index (χ1) is 4.86. The van der Waals surface area contributed by atoms with Gasteiger partial charge in [-0.25, -0.2) is 0 Å². The van der Waals surface area contributed by atoms with E-state index in [4.69, 9.17) is 0 Å². The zero-order valence-electron chi connectivity index (χ0n) is 6.10. The highest BCUT2D eigenvalue weighted by Crippen LogP contribution is 2.33. The lowest BCUT2D eigenvalue weighted by atomic mass is 9.94. The summed E-state index contributed by atoms with van der Waals surface area (Å²) in [7, 11) is 0. The molecule has 0 amide bonds. The molecule has 0 spiro atoms. The zero-order chi connectivity index (χ0) is 6.97. The Hall–Kier alpha value is -0.370. The van der Waals surface area contributed by atoms with Crippen LogP contribution in [0.3, 0.4) is 0 Å². The van der Waals surface area contributed by atoms with Crippen molar-refractivity contribution < 1.29 is 4.79 Å². The minimum atomic E-state index is 0.376. The minimum absolute atomic E-state index is 0.376. The van der Waals surface area contributed by atoms with Crippen molar-refractivity contribution in [1.29, 1.82) is 0 Å². The molecule has 1 aliphatic carbocycles. The number of hydrogen-bond acceptors (Lipinski definition) is 2. The molecular weight excluding hydrogens is 126 g/mol. The highest BCUT2D eigenvalue weighted by molar-refractivity contribution is 5.82. The van der Waals surface area contributed by atoms with E-state index in [9.17, 15) is 4.79 Å². The summed E-state index contributed by atoms with van der Waals surface area (Å²) in [5.41, 5.74) is 0. The van der Waals surface area contributed by atoms with E-state index in [0.717, 1.165) is 25.4 Å². The van der Waals surface area contributed by atoms with E-state index >= 15 is 0 Å². The molecule has 2 aliphatic rings. The van der Waals surface area contributed by atoms with Gasteiger partial charge in [0.2, 0.25) is 0 Å². The summed E-state index contributed by atoms with van der Waals surface area (Å²) in [5, 5.41) is 3.11. The summed E-state index contributed by atoms with van der Waals surface area (Å²) in [4.78, 5) is 11.2. The molecule has 0 bridgehead atoms. The number of carbonyl (C=O) groups is 1. The smallest absolute Gasteiger partial charge is 0.138 e. The van der Waals surface area contributed by atoms with Crippen molar-refractivity contribution in [2.45, 2.75) is 19.3 Å². The maximum atomic E-state index is 11.2. The van der Waals surface area contributed by atoms with Gasteiger partial charge >= 0.3 is 0 Å². The Morgan fingerprint density at radius 1 is 1.40 bits per heavy atom. The molecule has 1 aliphatic heterocycles. The van der Waals surface area contributed by atoms with Gasteiger partial charge in [0, 0.05) is 25.4 Å². The highest BCUT2D eigenvalue weighted by atomic mass is 16.1. The fraction of sp³-hybridized carbons (Fsp3) is 0.875. The summed E-state index contributed by atoms with van der Waals surface area (Å²) >= 11 is 0. The summed E-state index contributed by atoms with van der Waals surface area (Å²) in [6.07, 6.45) is 3.46. The molecule has 2 rings (SSSR count). The van der Waals surface area contributed by atoms with E-state index in [1.165, 1.54) is 12.8 Å². The fourth-order valence-corrected chi connectivity index (χ4v) is 1.29. The van der Waals surface area contributed by atoms with Gasteiger partial charge in [-0.3, -0.25) is 4.79 Å². The average molecular weight is 139 g/mol. The van der Waals surface area contributed by atoms with E-state index in [2.05, 4.69) is 5.32 Å². The van der Waals surface area contributed by atoms with E-state index < -0.39 is 0 Å². The molecule has 1 saturated heterocycles. The van der Waals surface area contributed by atoms with Crippen molar-refractivity contribution >= 4 is 5.78 Å². The summed E-state index contributed by atoms with van der Waals surface area (Å²) in [5.74, 6) is 1.65. The maximum Gasteiger partial charge on any atom is 0.138 e. The molecule has 2 nitrogen and oxygen atoms in total. The molecule has 0 radical (unpaired) electrons. The molecule has 1 N–H and O–H groups in total. The maximum absolute atomic E-state index is 11.2. The predicted molar refractivity (Wildman–Crippen MR) is 38.7 cm³/mol. The van der Waals surface area contributed by atoms with Gasteiger partial charge in [0.15, 0.2) is 0 Å². The van der Waals surface area contributed by atoms with Crippen LogP contribution in [0.4, 0.5) is 0 Å². The summed E-state index contributed by atoms with van der Waals surface area (Å²) in [6.45, 7) is 1.87. The van der Waals surface area contributed by atoms with Crippen molar-refractivity contribution in [3.8, 4) is 0 Å². The van der Waals surface area contributed by atoms with Gasteiger partial charge in [-0.15, -0.1) is 0 Å². The third kappa shape index (κ3) is 1.21. The Labute approximate surface area is 61.0 Å². The zero-order valence-corrected chi connectivity index (χ0v) is 6.10. The van der Waals surface area contributed by atoms with Crippen molar-refractivity contribution in [3.63, 3.8) is 0 Å². The Morgan fingerprint density at radius 3 is 2.50 bits per heavy atom. The number of hydrogen-bond donors (Lipinski definition) is 1. The lowest BCUT2D eigenvalue weighted by molar-refractivity contribution is -0.124. The van der Waals surface area contributed by atoms with Crippen molar-refractivity contribution in [3.05, 3.63) is 0 Å². The van der Waals surface area contributed by atoms with Crippen LogP contribution in [-0.2, 0) is 4.79 Å². The Kier molecular flexibility index (Phi) is 1.49. The second-order valence-electron chi connectivity index (χ2n) is 3.47. The van der Waals surface area contributed by atoms with E-state index in [0.29, 0.717) is 11.7 Å². The van der Waals surface area contributed by atoms with E-state index in [1.54, 1.807) is 0 Å². The number of rotatable bonds is 3. The molecule has 1 saturated carbocycles. The summed E-state index contributed by atoms with van der Waals surface area (Å²) in [6, 6.07) is 0. The molecule has 0 aromatic heterocycles. The standard InChI is InChI=1S/C8H13NO/c10-8(3-6-1-2-6)7-4-9-5-7/h6-7,9H,1-5H2. The predicted octanol–water partition coefficient (Wildman–Crippen LogP) is 0.575. The highest BCUT2D eigenvalue weighted by Gasteiger charge is 2.30. The molecule has 1 heterocycles. The first-order valence-corrected chi connectivity index (χ1v) is 4.09. The molecule has 0 atom stereocenters. The second kappa shape index (κ2) is 2.35. The van der Waals surface area contributed by atoms with Crippen molar-refractivity contribution in [2.24, 2.45) is 11.8 Å². The van der Waals surface area contributed by atoms with E-state index in [1.807, 2.05) is 0 Å². The van der Waals surface area contributed by atoms with Crippen molar-refractivity contribution in [2.75, 3.05) is 13.1 Å². The normalized spacial score (nSPS) is 26.0. The molecule has 0 unspecified atom stereocenters.